The smallest absolute Gasteiger partial charge is 0.254 e. The molecule has 0 radical (unpaired) electrons. The molecule has 6 heteroatoms. The van der Waals surface area contributed by atoms with Crippen LogP contribution in [0.5, 0.6) is 0 Å². The van der Waals surface area contributed by atoms with E-state index in [1.165, 1.54) is 0 Å². The molecule has 0 unspecified atom stereocenters. The maximum absolute atomic E-state index is 12.8. The highest BCUT2D eigenvalue weighted by atomic mass is 16.2. The van der Waals surface area contributed by atoms with E-state index < -0.39 is 0 Å². The molecule has 3 rings (SSSR count). The number of aryl methyl sites for hydroxylation is 2. The van der Waals surface area contributed by atoms with Crippen LogP contribution in [0.2, 0.25) is 0 Å². The van der Waals surface area contributed by atoms with E-state index in [1.54, 1.807) is 6.92 Å². The van der Waals surface area contributed by atoms with Gasteiger partial charge in [-0.2, -0.15) is 0 Å². The van der Waals surface area contributed by atoms with Gasteiger partial charge in [0, 0.05) is 57.7 Å². The van der Waals surface area contributed by atoms with Crippen molar-refractivity contribution in [3.8, 4) is 0 Å². The standard InChI is InChI=1S/C21H29N3O3/c1-15-4-5-19(16(2)14-15)21(27)24-12-10-23(11-13-24)20(26)18-6-8-22(9-7-18)17(3)25/h4-5,14,18H,6-13H2,1-3H3. The first-order valence-corrected chi connectivity index (χ1v) is 9.77. The Morgan fingerprint density at radius 3 is 2.00 bits per heavy atom. The monoisotopic (exact) mass is 371 g/mol. The topological polar surface area (TPSA) is 60.9 Å². The predicted octanol–water partition coefficient (Wildman–Crippen LogP) is 1.85. The Labute approximate surface area is 161 Å². The maximum atomic E-state index is 12.8. The highest BCUT2D eigenvalue weighted by Gasteiger charge is 2.32. The number of rotatable bonds is 2. The van der Waals surface area contributed by atoms with E-state index in [9.17, 15) is 14.4 Å². The third-order valence-corrected chi connectivity index (χ3v) is 5.78. The molecule has 0 spiro atoms. The molecule has 146 valence electrons. The number of hydrogen-bond donors (Lipinski definition) is 0. The van der Waals surface area contributed by atoms with Gasteiger partial charge < -0.3 is 14.7 Å². The van der Waals surface area contributed by atoms with Crippen molar-refractivity contribution in [2.75, 3.05) is 39.3 Å². The number of hydrogen-bond acceptors (Lipinski definition) is 3. The Bertz CT molecular complexity index is 730. The first-order chi connectivity index (χ1) is 12.9. The predicted molar refractivity (Wildman–Crippen MR) is 103 cm³/mol. The van der Waals surface area contributed by atoms with Crippen LogP contribution in [0.1, 0.15) is 41.3 Å². The molecule has 2 aliphatic heterocycles. The lowest BCUT2D eigenvalue weighted by Gasteiger charge is -2.38. The largest absolute Gasteiger partial charge is 0.343 e. The van der Waals surface area contributed by atoms with Gasteiger partial charge in [0.05, 0.1) is 0 Å². The number of nitrogens with zero attached hydrogens (tertiary/aromatic N) is 3. The van der Waals surface area contributed by atoms with E-state index in [1.807, 2.05) is 46.7 Å². The van der Waals surface area contributed by atoms with Gasteiger partial charge in [0.15, 0.2) is 0 Å². The quantitative estimate of drug-likeness (QED) is 0.797. The molecular weight excluding hydrogens is 342 g/mol. The summed E-state index contributed by atoms with van der Waals surface area (Å²) in [5.74, 6) is 0.313. The molecule has 0 bridgehead atoms. The maximum Gasteiger partial charge on any atom is 0.254 e. The average molecular weight is 371 g/mol. The molecule has 6 nitrogen and oxygen atoms in total. The highest BCUT2D eigenvalue weighted by Crippen LogP contribution is 2.21. The van der Waals surface area contributed by atoms with Crippen LogP contribution in [0.15, 0.2) is 18.2 Å². The van der Waals surface area contributed by atoms with Gasteiger partial charge in [-0.1, -0.05) is 17.7 Å². The summed E-state index contributed by atoms with van der Waals surface area (Å²) in [6.45, 7) is 9.21. The van der Waals surface area contributed by atoms with Crippen LogP contribution >= 0.6 is 0 Å². The molecule has 2 saturated heterocycles. The van der Waals surface area contributed by atoms with Crippen molar-refractivity contribution < 1.29 is 14.4 Å². The second-order valence-corrected chi connectivity index (χ2v) is 7.72. The molecule has 0 atom stereocenters. The fraction of sp³-hybridized carbons (Fsp3) is 0.571. The molecule has 3 amide bonds. The van der Waals surface area contributed by atoms with Gasteiger partial charge in [-0.3, -0.25) is 14.4 Å². The van der Waals surface area contributed by atoms with Gasteiger partial charge in [-0.25, -0.2) is 0 Å². The highest BCUT2D eigenvalue weighted by molar-refractivity contribution is 5.96. The molecule has 1 aromatic carbocycles. The van der Waals surface area contributed by atoms with Gasteiger partial charge in [0.25, 0.3) is 5.91 Å². The van der Waals surface area contributed by atoms with E-state index in [2.05, 4.69) is 0 Å². The molecule has 0 aromatic heterocycles. The van der Waals surface area contributed by atoms with E-state index >= 15 is 0 Å². The van der Waals surface area contributed by atoms with Crippen LogP contribution in [-0.4, -0.2) is 71.7 Å². The summed E-state index contributed by atoms with van der Waals surface area (Å²) >= 11 is 0. The number of amides is 3. The Hall–Kier alpha value is -2.37. The van der Waals surface area contributed by atoms with E-state index in [4.69, 9.17) is 0 Å². The lowest BCUT2D eigenvalue weighted by Crippen LogP contribution is -2.53. The normalized spacial score (nSPS) is 18.6. The fourth-order valence-corrected chi connectivity index (χ4v) is 4.05. The van der Waals surface area contributed by atoms with Crippen molar-refractivity contribution in [1.29, 1.82) is 0 Å². The summed E-state index contributed by atoms with van der Waals surface area (Å²) in [6, 6.07) is 5.89. The van der Waals surface area contributed by atoms with E-state index in [0.717, 1.165) is 29.5 Å². The minimum Gasteiger partial charge on any atom is -0.343 e. The zero-order valence-corrected chi connectivity index (χ0v) is 16.5. The zero-order valence-electron chi connectivity index (χ0n) is 16.5. The molecule has 0 N–H and O–H groups in total. The fourth-order valence-electron chi connectivity index (χ4n) is 4.05. The van der Waals surface area contributed by atoms with E-state index in [-0.39, 0.29) is 23.6 Å². The molecular formula is C21H29N3O3. The Kier molecular flexibility index (Phi) is 5.82. The minimum atomic E-state index is 0.00203. The van der Waals surface area contributed by atoms with Gasteiger partial charge >= 0.3 is 0 Å². The number of piperidine rings is 1. The van der Waals surface area contributed by atoms with Crippen LogP contribution in [0.4, 0.5) is 0 Å². The third kappa shape index (κ3) is 4.31. The molecule has 2 aliphatic rings. The molecule has 2 fully saturated rings. The van der Waals surface area contributed by atoms with Crippen molar-refractivity contribution in [1.82, 2.24) is 14.7 Å². The number of carbonyl (C=O) groups is 3. The minimum absolute atomic E-state index is 0.00203. The van der Waals surface area contributed by atoms with Crippen LogP contribution in [-0.2, 0) is 9.59 Å². The summed E-state index contributed by atoms with van der Waals surface area (Å²) < 4.78 is 0. The van der Waals surface area contributed by atoms with Crippen molar-refractivity contribution in [2.45, 2.75) is 33.6 Å². The summed E-state index contributed by atoms with van der Waals surface area (Å²) in [6.07, 6.45) is 1.47. The van der Waals surface area contributed by atoms with Crippen molar-refractivity contribution in [3.63, 3.8) is 0 Å². The van der Waals surface area contributed by atoms with Crippen LogP contribution in [0.3, 0.4) is 0 Å². The number of carbonyl (C=O) groups excluding carboxylic acids is 3. The summed E-state index contributed by atoms with van der Waals surface area (Å²) in [5, 5.41) is 0. The molecule has 0 aliphatic carbocycles. The number of likely N-dealkylation sites (tertiary alicyclic amines) is 1. The van der Waals surface area contributed by atoms with Crippen molar-refractivity contribution >= 4 is 17.7 Å². The average Bonchev–Trinajstić information content (AvgIpc) is 2.67. The number of piperazine rings is 1. The lowest BCUT2D eigenvalue weighted by atomic mass is 9.95. The number of benzene rings is 1. The molecule has 27 heavy (non-hydrogen) atoms. The Morgan fingerprint density at radius 2 is 1.44 bits per heavy atom. The summed E-state index contributed by atoms with van der Waals surface area (Å²) in [5.41, 5.74) is 2.89. The van der Waals surface area contributed by atoms with Gasteiger partial charge in [0.1, 0.15) is 0 Å². The SMILES string of the molecule is CC(=O)N1CCC(C(=O)N2CCN(C(=O)c3ccc(C)cc3C)CC2)CC1. The first kappa shape index (κ1) is 19.4. The van der Waals surface area contributed by atoms with Gasteiger partial charge in [0.2, 0.25) is 11.8 Å². The van der Waals surface area contributed by atoms with E-state index in [0.29, 0.717) is 39.3 Å². The second kappa shape index (κ2) is 8.11. The Balaban J connectivity index is 1.53. The first-order valence-electron chi connectivity index (χ1n) is 9.77. The lowest BCUT2D eigenvalue weighted by molar-refractivity contribution is -0.141. The van der Waals surface area contributed by atoms with Crippen molar-refractivity contribution in [2.24, 2.45) is 5.92 Å². The Morgan fingerprint density at radius 1 is 0.852 bits per heavy atom. The van der Waals surface area contributed by atoms with Crippen LogP contribution in [0.25, 0.3) is 0 Å². The summed E-state index contributed by atoms with van der Waals surface area (Å²) in [7, 11) is 0. The van der Waals surface area contributed by atoms with Crippen LogP contribution in [0, 0.1) is 19.8 Å². The molecule has 0 saturated carbocycles. The van der Waals surface area contributed by atoms with Gasteiger partial charge in [-0.15, -0.1) is 0 Å². The van der Waals surface area contributed by atoms with Gasteiger partial charge in [-0.05, 0) is 38.3 Å². The molecule has 1 aromatic rings. The van der Waals surface area contributed by atoms with Crippen LogP contribution < -0.4 is 0 Å². The second-order valence-electron chi connectivity index (χ2n) is 7.72. The molecule has 2 heterocycles. The zero-order chi connectivity index (χ0) is 19.6. The van der Waals surface area contributed by atoms with Crippen molar-refractivity contribution in [3.05, 3.63) is 34.9 Å². The third-order valence-electron chi connectivity index (χ3n) is 5.78. The summed E-state index contributed by atoms with van der Waals surface area (Å²) in [4.78, 5) is 42.6.